The average molecular weight is 302 g/mol. The SMILES string of the molecule is C=CCCOc1cc(O)c2c(c1)OC(C)C1CCC(C)CC21. The first-order valence-corrected chi connectivity index (χ1v) is 8.37. The van der Waals surface area contributed by atoms with Gasteiger partial charge in [0.05, 0.1) is 12.7 Å². The Morgan fingerprint density at radius 2 is 2.18 bits per heavy atom. The third-order valence-electron chi connectivity index (χ3n) is 5.14. The molecule has 0 spiro atoms. The van der Waals surface area contributed by atoms with Gasteiger partial charge < -0.3 is 14.6 Å². The maximum atomic E-state index is 10.5. The lowest BCUT2D eigenvalue weighted by molar-refractivity contribution is 0.0676. The van der Waals surface area contributed by atoms with Crippen LogP contribution in [-0.2, 0) is 0 Å². The van der Waals surface area contributed by atoms with Crippen LogP contribution < -0.4 is 9.47 Å². The van der Waals surface area contributed by atoms with E-state index >= 15 is 0 Å². The van der Waals surface area contributed by atoms with E-state index in [1.54, 1.807) is 6.07 Å². The fourth-order valence-electron chi connectivity index (χ4n) is 3.99. The molecule has 2 aliphatic rings. The number of phenols is 1. The predicted octanol–water partition coefficient (Wildman–Crippen LogP) is 4.65. The summed E-state index contributed by atoms with van der Waals surface area (Å²) in [6.07, 6.45) is 6.39. The minimum Gasteiger partial charge on any atom is -0.507 e. The number of hydrogen-bond acceptors (Lipinski definition) is 3. The van der Waals surface area contributed by atoms with Crippen molar-refractivity contribution < 1.29 is 14.6 Å². The van der Waals surface area contributed by atoms with Crippen molar-refractivity contribution in [2.45, 2.75) is 51.6 Å². The molecular formula is C19H26O3. The van der Waals surface area contributed by atoms with Crippen LogP contribution in [0.1, 0.15) is 51.0 Å². The van der Waals surface area contributed by atoms with E-state index < -0.39 is 0 Å². The summed E-state index contributed by atoms with van der Waals surface area (Å²) in [7, 11) is 0. The molecule has 1 aliphatic heterocycles. The highest BCUT2D eigenvalue weighted by molar-refractivity contribution is 5.53. The van der Waals surface area contributed by atoms with Crippen LogP contribution in [-0.4, -0.2) is 17.8 Å². The normalized spacial score (nSPS) is 29.9. The van der Waals surface area contributed by atoms with Gasteiger partial charge in [0.2, 0.25) is 0 Å². The van der Waals surface area contributed by atoms with Gasteiger partial charge in [-0.2, -0.15) is 0 Å². The van der Waals surface area contributed by atoms with Crippen molar-refractivity contribution in [2.24, 2.45) is 11.8 Å². The Morgan fingerprint density at radius 1 is 1.36 bits per heavy atom. The van der Waals surface area contributed by atoms with Crippen molar-refractivity contribution in [3.05, 3.63) is 30.4 Å². The van der Waals surface area contributed by atoms with E-state index in [-0.39, 0.29) is 6.10 Å². The standard InChI is InChI=1S/C19H26O3/c1-4-5-8-21-14-10-17(20)19-16-9-12(2)6-7-15(16)13(3)22-18(19)11-14/h4,10-13,15-16,20H,1,5-9H2,2-3H3. The summed E-state index contributed by atoms with van der Waals surface area (Å²) < 4.78 is 11.8. The number of phenolic OH excluding ortho intramolecular Hbond substituents is 1. The molecule has 0 saturated heterocycles. The van der Waals surface area contributed by atoms with Crippen molar-refractivity contribution in [3.8, 4) is 17.2 Å². The van der Waals surface area contributed by atoms with Crippen LogP contribution in [0.2, 0.25) is 0 Å². The maximum Gasteiger partial charge on any atom is 0.130 e. The number of hydrogen-bond donors (Lipinski definition) is 1. The quantitative estimate of drug-likeness (QED) is 0.650. The molecule has 1 fully saturated rings. The number of ether oxygens (including phenoxy) is 2. The fraction of sp³-hybridized carbons (Fsp3) is 0.579. The number of aromatic hydroxyl groups is 1. The predicted molar refractivity (Wildman–Crippen MR) is 87.8 cm³/mol. The molecule has 0 amide bonds. The number of fused-ring (bicyclic) bond motifs is 3. The molecule has 4 atom stereocenters. The monoisotopic (exact) mass is 302 g/mol. The molecule has 1 N–H and O–H groups in total. The average Bonchev–Trinajstić information content (AvgIpc) is 2.46. The summed E-state index contributed by atoms with van der Waals surface area (Å²) in [6, 6.07) is 3.67. The van der Waals surface area contributed by atoms with Crippen LogP contribution in [0.5, 0.6) is 17.2 Å². The van der Waals surface area contributed by atoms with Gasteiger partial charge in [-0.15, -0.1) is 6.58 Å². The summed E-state index contributed by atoms with van der Waals surface area (Å²) in [4.78, 5) is 0. The smallest absolute Gasteiger partial charge is 0.130 e. The van der Waals surface area contributed by atoms with Gasteiger partial charge in [-0.3, -0.25) is 0 Å². The van der Waals surface area contributed by atoms with Crippen LogP contribution in [0.15, 0.2) is 24.8 Å². The Morgan fingerprint density at radius 3 is 2.95 bits per heavy atom. The molecule has 22 heavy (non-hydrogen) atoms. The maximum absolute atomic E-state index is 10.5. The van der Waals surface area contributed by atoms with Crippen molar-refractivity contribution >= 4 is 0 Å². The van der Waals surface area contributed by atoms with Crippen LogP contribution in [0.25, 0.3) is 0 Å². The second kappa shape index (κ2) is 6.23. The van der Waals surface area contributed by atoms with Gasteiger partial charge in [0.15, 0.2) is 0 Å². The van der Waals surface area contributed by atoms with Gasteiger partial charge in [-0.05, 0) is 38.0 Å². The zero-order valence-electron chi connectivity index (χ0n) is 13.5. The van der Waals surface area contributed by atoms with Gasteiger partial charge in [0, 0.05) is 23.6 Å². The third kappa shape index (κ3) is 2.81. The van der Waals surface area contributed by atoms with E-state index in [0.717, 1.165) is 24.2 Å². The molecule has 3 rings (SSSR count). The molecule has 0 bridgehead atoms. The first-order valence-electron chi connectivity index (χ1n) is 8.37. The Bertz CT molecular complexity index is 552. The summed E-state index contributed by atoms with van der Waals surface area (Å²) in [5.74, 6) is 3.43. The lowest BCUT2D eigenvalue weighted by atomic mass is 9.68. The highest BCUT2D eigenvalue weighted by atomic mass is 16.5. The molecule has 3 nitrogen and oxygen atoms in total. The highest BCUT2D eigenvalue weighted by Crippen LogP contribution is 2.52. The van der Waals surface area contributed by atoms with Gasteiger partial charge >= 0.3 is 0 Å². The first kappa shape index (κ1) is 15.3. The van der Waals surface area contributed by atoms with Gasteiger partial charge in [0.1, 0.15) is 17.2 Å². The summed E-state index contributed by atoms with van der Waals surface area (Å²) in [5.41, 5.74) is 0.991. The van der Waals surface area contributed by atoms with E-state index in [4.69, 9.17) is 9.47 Å². The zero-order chi connectivity index (χ0) is 15.7. The molecule has 4 unspecified atom stereocenters. The molecule has 1 saturated carbocycles. The van der Waals surface area contributed by atoms with E-state index in [0.29, 0.717) is 35.9 Å². The Balaban J connectivity index is 1.90. The largest absolute Gasteiger partial charge is 0.507 e. The summed E-state index contributed by atoms with van der Waals surface area (Å²) in [6.45, 7) is 8.71. The molecule has 120 valence electrons. The zero-order valence-corrected chi connectivity index (χ0v) is 13.5. The van der Waals surface area contributed by atoms with Crippen LogP contribution in [0, 0.1) is 11.8 Å². The van der Waals surface area contributed by atoms with E-state index in [2.05, 4.69) is 20.4 Å². The summed E-state index contributed by atoms with van der Waals surface area (Å²) >= 11 is 0. The van der Waals surface area contributed by atoms with E-state index in [1.807, 2.05) is 12.1 Å². The van der Waals surface area contributed by atoms with Gasteiger partial charge in [-0.25, -0.2) is 0 Å². The lowest BCUT2D eigenvalue weighted by Crippen LogP contribution is -2.37. The first-order chi connectivity index (χ1) is 10.6. The minimum atomic E-state index is 0.202. The Kier molecular flexibility index (Phi) is 4.32. The van der Waals surface area contributed by atoms with Crippen molar-refractivity contribution in [1.82, 2.24) is 0 Å². The van der Waals surface area contributed by atoms with Crippen LogP contribution in [0.3, 0.4) is 0 Å². The number of rotatable bonds is 4. The van der Waals surface area contributed by atoms with Crippen LogP contribution in [0.4, 0.5) is 0 Å². The molecule has 0 aromatic heterocycles. The molecule has 1 aromatic carbocycles. The lowest BCUT2D eigenvalue weighted by Gasteiger charge is -2.43. The Labute approximate surface area is 132 Å². The molecule has 1 aromatic rings. The molecular weight excluding hydrogens is 276 g/mol. The fourth-order valence-corrected chi connectivity index (χ4v) is 3.99. The summed E-state index contributed by atoms with van der Waals surface area (Å²) in [5, 5.41) is 10.5. The van der Waals surface area contributed by atoms with Crippen LogP contribution >= 0.6 is 0 Å². The molecule has 3 heteroatoms. The van der Waals surface area contributed by atoms with Crippen molar-refractivity contribution in [1.29, 1.82) is 0 Å². The molecule has 0 radical (unpaired) electrons. The second-order valence-electron chi connectivity index (χ2n) is 6.79. The molecule has 1 aliphatic carbocycles. The van der Waals surface area contributed by atoms with Gasteiger partial charge in [-0.1, -0.05) is 19.4 Å². The van der Waals surface area contributed by atoms with E-state index in [1.165, 1.54) is 12.8 Å². The second-order valence-corrected chi connectivity index (χ2v) is 6.79. The topological polar surface area (TPSA) is 38.7 Å². The molecule has 1 heterocycles. The minimum absolute atomic E-state index is 0.202. The Hall–Kier alpha value is -1.64. The van der Waals surface area contributed by atoms with Gasteiger partial charge in [0.25, 0.3) is 0 Å². The highest BCUT2D eigenvalue weighted by Gasteiger charge is 2.41. The number of benzene rings is 1. The third-order valence-corrected chi connectivity index (χ3v) is 5.14. The van der Waals surface area contributed by atoms with E-state index in [9.17, 15) is 5.11 Å². The van der Waals surface area contributed by atoms with Crippen molar-refractivity contribution in [3.63, 3.8) is 0 Å². The van der Waals surface area contributed by atoms with Crippen molar-refractivity contribution in [2.75, 3.05) is 6.61 Å².